The monoisotopic (exact) mass is 366 g/mol. The van der Waals surface area contributed by atoms with E-state index in [-0.39, 0.29) is 17.6 Å². The number of nitrogens with two attached hydrogens (primary N) is 1. The molecule has 1 aromatic carbocycles. The Morgan fingerprint density at radius 3 is 2.93 bits per heavy atom. The zero-order valence-electron chi connectivity index (χ0n) is 15.2. The summed E-state index contributed by atoms with van der Waals surface area (Å²) >= 11 is 0. The second-order valence-electron chi connectivity index (χ2n) is 7.54. The van der Waals surface area contributed by atoms with Gasteiger partial charge in [-0.25, -0.2) is 0 Å². The molecule has 2 aliphatic rings. The zero-order chi connectivity index (χ0) is 18.5. The number of anilines is 2. The van der Waals surface area contributed by atoms with Crippen LogP contribution in [0.1, 0.15) is 41.2 Å². The SMILES string of the molecule is Cn1cc2cc(NC(=O)c3coc(N4CCC(N)C4)n3)c(C3CC3)cc2n1. The topological polar surface area (TPSA) is 102 Å². The van der Waals surface area contributed by atoms with Crippen LogP contribution >= 0.6 is 0 Å². The van der Waals surface area contributed by atoms with Crippen molar-refractivity contribution in [2.75, 3.05) is 23.3 Å². The van der Waals surface area contributed by atoms with Gasteiger partial charge < -0.3 is 20.4 Å². The first kappa shape index (κ1) is 16.3. The number of carbonyl (C=O) groups excluding carboxylic acids is 1. The third kappa shape index (κ3) is 3.06. The van der Waals surface area contributed by atoms with Gasteiger partial charge in [-0.3, -0.25) is 9.48 Å². The minimum Gasteiger partial charge on any atom is -0.431 e. The minimum atomic E-state index is -0.265. The van der Waals surface area contributed by atoms with E-state index in [4.69, 9.17) is 10.2 Å². The lowest BCUT2D eigenvalue weighted by Crippen LogP contribution is -2.26. The van der Waals surface area contributed by atoms with Crippen LogP contribution in [0.2, 0.25) is 0 Å². The van der Waals surface area contributed by atoms with Gasteiger partial charge in [0.05, 0.1) is 5.52 Å². The van der Waals surface area contributed by atoms with E-state index in [0.717, 1.165) is 48.0 Å². The van der Waals surface area contributed by atoms with E-state index in [0.29, 0.717) is 18.5 Å². The Balaban J connectivity index is 1.40. The number of nitrogens with one attached hydrogen (secondary N) is 1. The molecule has 8 heteroatoms. The summed E-state index contributed by atoms with van der Waals surface area (Å²) in [6, 6.07) is 4.66. The number of nitrogens with zero attached hydrogens (tertiary/aromatic N) is 4. The van der Waals surface area contributed by atoms with Crippen LogP contribution in [0.4, 0.5) is 11.7 Å². The molecule has 1 unspecified atom stereocenters. The molecular weight excluding hydrogens is 344 g/mol. The van der Waals surface area contributed by atoms with Crippen LogP contribution in [0, 0.1) is 0 Å². The molecule has 1 atom stereocenters. The van der Waals surface area contributed by atoms with Crippen LogP contribution in [0.25, 0.3) is 10.9 Å². The Kier molecular flexibility index (Phi) is 3.68. The lowest BCUT2D eigenvalue weighted by atomic mass is 10.1. The number of aromatic nitrogens is 3. The van der Waals surface area contributed by atoms with Crippen molar-refractivity contribution < 1.29 is 9.21 Å². The number of fused-ring (bicyclic) bond motifs is 1. The fourth-order valence-corrected chi connectivity index (χ4v) is 3.71. The number of hydrogen-bond donors (Lipinski definition) is 2. The van der Waals surface area contributed by atoms with E-state index in [2.05, 4.69) is 21.5 Å². The van der Waals surface area contributed by atoms with Gasteiger partial charge in [-0.1, -0.05) is 0 Å². The highest BCUT2D eigenvalue weighted by Crippen LogP contribution is 2.44. The molecule has 5 rings (SSSR count). The van der Waals surface area contributed by atoms with Gasteiger partial charge in [0.25, 0.3) is 11.9 Å². The predicted octanol–water partition coefficient (Wildman–Crippen LogP) is 2.23. The molecular formula is C19H22N6O2. The minimum absolute atomic E-state index is 0.126. The molecule has 3 N–H and O–H groups in total. The number of aryl methyl sites for hydroxylation is 1. The zero-order valence-corrected chi connectivity index (χ0v) is 15.2. The molecule has 8 nitrogen and oxygen atoms in total. The highest BCUT2D eigenvalue weighted by Gasteiger charge is 2.28. The van der Waals surface area contributed by atoms with Gasteiger partial charge in [0.1, 0.15) is 6.26 Å². The van der Waals surface area contributed by atoms with Gasteiger partial charge in [-0.2, -0.15) is 10.1 Å². The molecule has 1 saturated carbocycles. The van der Waals surface area contributed by atoms with E-state index in [1.165, 1.54) is 6.26 Å². The van der Waals surface area contributed by atoms with Crippen molar-refractivity contribution in [1.29, 1.82) is 0 Å². The van der Waals surface area contributed by atoms with Crippen LogP contribution in [0.5, 0.6) is 0 Å². The van der Waals surface area contributed by atoms with Crippen LogP contribution in [-0.4, -0.2) is 39.8 Å². The third-order valence-corrected chi connectivity index (χ3v) is 5.28. The third-order valence-electron chi connectivity index (χ3n) is 5.28. The molecule has 0 spiro atoms. The predicted molar refractivity (Wildman–Crippen MR) is 102 cm³/mol. The highest BCUT2D eigenvalue weighted by molar-refractivity contribution is 6.04. The number of rotatable bonds is 4. The molecule has 27 heavy (non-hydrogen) atoms. The summed E-state index contributed by atoms with van der Waals surface area (Å²) in [5.41, 5.74) is 9.13. The van der Waals surface area contributed by atoms with E-state index < -0.39 is 0 Å². The first-order valence-electron chi connectivity index (χ1n) is 9.31. The Morgan fingerprint density at radius 1 is 1.33 bits per heavy atom. The van der Waals surface area contributed by atoms with Gasteiger partial charge in [0.15, 0.2) is 5.69 Å². The summed E-state index contributed by atoms with van der Waals surface area (Å²) in [7, 11) is 1.90. The van der Waals surface area contributed by atoms with E-state index in [9.17, 15) is 4.79 Å². The van der Waals surface area contributed by atoms with E-state index in [1.807, 2.05) is 24.2 Å². The van der Waals surface area contributed by atoms with Gasteiger partial charge in [-0.15, -0.1) is 0 Å². The van der Waals surface area contributed by atoms with Crippen molar-refractivity contribution >= 4 is 28.5 Å². The summed E-state index contributed by atoms with van der Waals surface area (Å²) in [5, 5.41) is 8.50. The maximum Gasteiger partial charge on any atom is 0.298 e. The molecule has 3 aromatic rings. The van der Waals surface area contributed by atoms with Crippen molar-refractivity contribution in [3.63, 3.8) is 0 Å². The Bertz CT molecular complexity index is 1020. The highest BCUT2D eigenvalue weighted by atomic mass is 16.4. The number of amides is 1. The summed E-state index contributed by atoms with van der Waals surface area (Å²) in [4.78, 5) is 19.1. The van der Waals surface area contributed by atoms with Gasteiger partial charge in [-0.05, 0) is 42.9 Å². The van der Waals surface area contributed by atoms with Crippen LogP contribution in [-0.2, 0) is 7.05 Å². The summed E-state index contributed by atoms with van der Waals surface area (Å²) in [5.74, 6) is 0.226. The normalized spacial score (nSPS) is 19.8. The van der Waals surface area contributed by atoms with Crippen LogP contribution in [0.15, 0.2) is 29.0 Å². The summed E-state index contributed by atoms with van der Waals surface area (Å²) < 4.78 is 7.29. The first-order chi connectivity index (χ1) is 13.1. The van der Waals surface area contributed by atoms with E-state index in [1.54, 1.807) is 4.68 Å². The largest absolute Gasteiger partial charge is 0.431 e. The Morgan fingerprint density at radius 2 is 2.19 bits per heavy atom. The van der Waals surface area contributed by atoms with Crippen LogP contribution in [0.3, 0.4) is 0 Å². The van der Waals surface area contributed by atoms with Crippen molar-refractivity contribution in [3.05, 3.63) is 35.9 Å². The van der Waals surface area contributed by atoms with Gasteiger partial charge >= 0.3 is 0 Å². The molecule has 0 radical (unpaired) electrons. The second kappa shape index (κ2) is 6.09. The van der Waals surface area contributed by atoms with Crippen molar-refractivity contribution in [2.45, 2.75) is 31.2 Å². The van der Waals surface area contributed by atoms with Crippen LogP contribution < -0.4 is 16.0 Å². The second-order valence-corrected chi connectivity index (χ2v) is 7.54. The summed E-state index contributed by atoms with van der Waals surface area (Å²) in [6.45, 7) is 1.50. The Labute approximate surface area is 156 Å². The lowest BCUT2D eigenvalue weighted by molar-refractivity contribution is 0.102. The molecule has 2 aromatic heterocycles. The Hall–Kier alpha value is -2.87. The number of oxazole rings is 1. The molecule has 1 saturated heterocycles. The molecule has 3 heterocycles. The fourth-order valence-electron chi connectivity index (χ4n) is 3.71. The van der Waals surface area contributed by atoms with Crippen molar-refractivity contribution in [2.24, 2.45) is 12.8 Å². The molecule has 1 aliphatic heterocycles. The van der Waals surface area contributed by atoms with Gasteiger partial charge in [0.2, 0.25) is 0 Å². The first-order valence-corrected chi connectivity index (χ1v) is 9.31. The van der Waals surface area contributed by atoms with Crippen molar-refractivity contribution in [3.8, 4) is 0 Å². The maximum atomic E-state index is 12.7. The average Bonchev–Trinajstić information content (AvgIpc) is 3.03. The fraction of sp³-hybridized carbons (Fsp3) is 0.421. The average molecular weight is 366 g/mol. The molecule has 140 valence electrons. The molecule has 1 aliphatic carbocycles. The lowest BCUT2D eigenvalue weighted by Gasteiger charge is -2.11. The smallest absolute Gasteiger partial charge is 0.298 e. The maximum absolute atomic E-state index is 12.7. The number of benzene rings is 1. The van der Waals surface area contributed by atoms with Crippen molar-refractivity contribution in [1.82, 2.24) is 14.8 Å². The molecule has 0 bridgehead atoms. The quantitative estimate of drug-likeness (QED) is 0.734. The number of carbonyl (C=O) groups is 1. The molecule has 2 fully saturated rings. The van der Waals surface area contributed by atoms with Gasteiger partial charge in [0, 0.05) is 43.4 Å². The number of hydrogen-bond acceptors (Lipinski definition) is 6. The molecule has 1 amide bonds. The summed E-state index contributed by atoms with van der Waals surface area (Å²) in [6.07, 6.45) is 6.55. The standard InChI is InChI=1S/C19H22N6O2/c1-24-8-12-6-16(14(11-2-3-11)7-15(12)23-24)21-18(26)17-10-27-19(22-17)25-5-4-13(20)9-25/h6-8,10-11,13H,2-5,9,20H2,1H3,(H,21,26). The van der Waals surface area contributed by atoms with E-state index >= 15 is 0 Å².